The van der Waals surface area contributed by atoms with Gasteiger partial charge in [-0.2, -0.15) is 0 Å². The van der Waals surface area contributed by atoms with Crippen molar-refractivity contribution in [2.75, 3.05) is 33.2 Å². The van der Waals surface area contributed by atoms with Crippen molar-refractivity contribution in [1.29, 1.82) is 0 Å². The molecule has 0 saturated carbocycles. The molecule has 0 aromatic carbocycles. The predicted molar refractivity (Wildman–Crippen MR) is 46.6 cm³/mol. The van der Waals surface area contributed by atoms with Crippen LogP contribution in [-0.2, 0) is 0 Å². The maximum atomic E-state index is 3.42. The van der Waals surface area contributed by atoms with Crippen LogP contribution in [0, 0.1) is 11.8 Å². The van der Waals surface area contributed by atoms with Gasteiger partial charge in [0.15, 0.2) is 0 Å². The molecule has 11 heavy (non-hydrogen) atoms. The largest absolute Gasteiger partial charge is 0.317 e. The molecule has 64 valence electrons. The van der Waals surface area contributed by atoms with Gasteiger partial charge in [0.1, 0.15) is 0 Å². The third kappa shape index (κ3) is 1.57. The fourth-order valence-corrected chi connectivity index (χ4v) is 2.36. The summed E-state index contributed by atoms with van der Waals surface area (Å²) in [5.74, 6) is 2.06. The first-order valence-corrected chi connectivity index (χ1v) is 4.75. The number of nitrogens with one attached hydrogen (secondary N) is 1. The van der Waals surface area contributed by atoms with E-state index >= 15 is 0 Å². The van der Waals surface area contributed by atoms with Crippen molar-refractivity contribution in [2.45, 2.75) is 12.8 Å². The quantitative estimate of drug-likeness (QED) is 0.593. The lowest BCUT2D eigenvalue weighted by Crippen LogP contribution is -2.49. The number of rotatable bonds is 1. The van der Waals surface area contributed by atoms with E-state index in [-0.39, 0.29) is 0 Å². The molecule has 2 saturated heterocycles. The molecule has 0 radical (unpaired) electrons. The van der Waals surface area contributed by atoms with Gasteiger partial charge in [-0.05, 0) is 44.8 Å². The second kappa shape index (κ2) is 3.11. The molecule has 2 nitrogen and oxygen atoms in total. The summed E-state index contributed by atoms with van der Waals surface area (Å²) in [6.07, 6.45) is 2.83. The normalized spacial score (nSPS) is 30.3. The van der Waals surface area contributed by atoms with Gasteiger partial charge in [-0.3, -0.25) is 0 Å². The van der Waals surface area contributed by atoms with Crippen LogP contribution in [0.4, 0.5) is 0 Å². The molecular weight excluding hydrogens is 136 g/mol. The third-order valence-corrected chi connectivity index (χ3v) is 3.14. The van der Waals surface area contributed by atoms with Crippen LogP contribution in [0.1, 0.15) is 12.8 Å². The standard InChI is InChI=1S/C9H18N2/c1-11-6-9(7-11)8-2-4-10-5-3-8/h8-10H,2-7H2,1H3. The van der Waals surface area contributed by atoms with Crippen molar-refractivity contribution in [3.8, 4) is 0 Å². The first-order chi connectivity index (χ1) is 5.36. The Hall–Kier alpha value is -0.0800. The van der Waals surface area contributed by atoms with Crippen LogP contribution in [0.5, 0.6) is 0 Å². The van der Waals surface area contributed by atoms with Crippen LogP contribution in [0.3, 0.4) is 0 Å². The van der Waals surface area contributed by atoms with E-state index in [4.69, 9.17) is 0 Å². The van der Waals surface area contributed by atoms with Gasteiger partial charge in [0.05, 0.1) is 0 Å². The van der Waals surface area contributed by atoms with Crippen LogP contribution in [-0.4, -0.2) is 38.1 Å². The lowest BCUT2D eigenvalue weighted by molar-refractivity contribution is 0.0684. The Kier molecular flexibility index (Phi) is 2.14. The van der Waals surface area contributed by atoms with Crippen LogP contribution in [0.2, 0.25) is 0 Å². The summed E-state index contributed by atoms with van der Waals surface area (Å²) in [6, 6.07) is 0. The summed E-state index contributed by atoms with van der Waals surface area (Å²) < 4.78 is 0. The second-order valence-corrected chi connectivity index (χ2v) is 4.07. The molecule has 0 aromatic rings. The minimum Gasteiger partial charge on any atom is -0.317 e. The van der Waals surface area contributed by atoms with E-state index in [1.165, 1.54) is 39.0 Å². The monoisotopic (exact) mass is 154 g/mol. The summed E-state index contributed by atoms with van der Waals surface area (Å²) >= 11 is 0. The smallest absolute Gasteiger partial charge is 0.00216 e. The highest BCUT2D eigenvalue weighted by Gasteiger charge is 2.31. The molecule has 2 aliphatic rings. The maximum Gasteiger partial charge on any atom is 0.00216 e. The molecule has 0 amide bonds. The fraction of sp³-hybridized carbons (Fsp3) is 1.00. The Balaban J connectivity index is 1.76. The first kappa shape index (κ1) is 7.56. The van der Waals surface area contributed by atoms with Gasteiger partial charge in [-0.15, -0.1) is 0 Å². The molecule has 2 rings (SSSR count). The molecule has 0 unspecified atom stereocenters. The van der Waals surface area contributed by atoms with E-state index in [0.717, 1.165) is 11.8 Å². The molecule has 0 bridgehead atoms. The Bertz CT molecular complexity index is 124. The second-order valence-electron chi connectivity index (χ2n) is 4.07. The minimum absolute atomic E-state index is 1.03. The zero-order valence-electron chi connectivity index (χ0n) is 7.34. The summed E-state index contributed by atoms with van der Waals surface area (Å²) in [5.41, 5.74) is 0. The summed E-state index contributed by atoms with van der Waals surface area (Å²) in [4.78, 5) is 2.42. The van der Waals surface area contributed by atoms with Crippen LogP contribution < -0.4 is 5.32 Å². The zero-order chi connectivity index (χ0) is 7.68. The summed E-state index contributed by atoms with van der Waals surface area (Å²) in [6.45, 7) is 5.21. The summed E-state index contributed by atoms with van der Waals surface area (Å²) in [7, 11) is 2.22. The van der Waals surface area contributed by atoms with E-state index in [0.29, 0.717) is 0 Å². The highest BCUT2D eigenvalue weighted by molar-refractivity contribution is 4.85. The third-order valence-electron chi connectivity index (χ3n) is 3.14. The van der Waals surface area contributed by atoms with Gasteiger partial charge in [0, 0.05) is 13.1 Å². The topological polar surface area (TPSA) is 15.3 Å². The van der Waals surface area contributed by atoms with Crippen molar-refractivity contribution in [3.63, 3.8) is 0 Å². The molecular formula is C9H18N2. The molecule has 2 aliphatic heterocycles. The van der Waals surface area contributed by atoms with E-state index in [1.807, 2.05) is 0 Å². The zero-order valence-corrected chi connectivity index (χ0v) is 7.34. The van der Waals surface area contributed by atoms with Crippen molar-refractivity contribution >= 4 is 0 Å². The molecule has 2 fully saturated rings. The maximum absolute atomic E-state index is 3.42. The van der Waals surface area contributed by atoms with Crippen molar-refractivity contribution in [2.24, 2.45) is 11.8 Å². The number of nitrogens with zero attached hydrogens (tertiary/aromatic N) is 1. The number of likely N-dealkylation sites (tertiary alicyclic amines) is 1. The Morgan fingerprint density at radius 3 is 2.27 bits per heavy atom. The van der Waals surface area contributed by atoms with E-state index in [2.05, 4.69) is 17.3 Å². The fourth-order valence-electron chi connectivity index (χ4n) is 2.36. The van der Waals surface area contributed by atoms with Crippen LogP contribution >= 0.6 is 0 Å². The molecule has 2 heteroatoms. The number of hydrogen-bond acceptors (Lipinski definition) is 2. The Morgan fingerprint density at radius 1 is 1.09 bits per heavy atom. The van der Waals surface area contributed by atoms with Gasteiger partial charge in [0.25, 0.3) is 0 Å². The molecule has 0 aromatic heterocycles. The van der Waals surface area contributed by atoms with Crippen molar-refractivity contribution in [3.05, 3.63) is 0 Å². The van der Waals surface area contributed by atoms with E-state index < -0.39 is 0 Å². The van der Waals surface area contributed by atoms with Gasteiger partial charge in [0.2, 0.25) is 0 Å². The Labute approximate surface area is 69.0 Å². The minimum atomic E-state index is 1.03. The van der Waals surface area contributed by atoms with Crippen LogP contribution in [0.15, 0.2) is 0 Å². The van der Waals surface area contributed by atoms with E-state index in [9.17, 15) is 0 Å². The highest BCUT2D eigenvalue weighted by Crippen LogP contribution is 2.28. The highest BCUT2D eigenvalue weighted by atomic mass is 15.2. The lowest BCUT2D eigenvalue weighted by atomic mass is 9.80. The first-order valence-electron chi connectivity index (χ1n) is 4.75. The van der Waals surface area contributed by atoms with Gasteiger partial charge >= 0.3 is 0 Å². The summed E-state index contributed by atoms with van der Waals surface area (Å²) in [5, 5.41) is 3.42. The van der Waals surface area contributed by atoms with Crippen LogP contribution in [0.25, 0.3) is 0 Å². The average molecular weight is 154 g/mol. The lowest BCUT2D eigenvalue weighted by Gasteiger charge is -2.42. The molecule has 1 N–H and O–H groups in total. The molecule has 2 heterocycles. The van der Waals surface area contributed by atoms with Gasteiger partial charge < -0.3 is 10.2 Å². The predicted octanol–water partition coefficient (Wildman–Crippen LogP) is 0.548. The molecule has 0 aliphatic carbocycles. The Morgan fingerprint density at radius 2 is 1.73 bits per heavy atom. The van der Waals surface area contributed by atoms with Crippen molar-refractivity contribution in [1.82, 2.24) is 10.2 Å². The number of hydrogen-bond donors (Lipinski definition) is 1. The van der Waals surface area contributed by atoms with Gasteiger partial charge in [-0.1, -0.05) is 0 Å². The van der Waals surface area contributed by atoms with E-state index in [1.54, 1.807) is 0 Å². The van der Waals surface area contributed by atoms with Gasteiger partial charge in [-0.25, -0.2) is 0 Å². The number of piperidine rings is 1. The SMILES string of the molecule is CN1CC(C2CCNCC2)C1. The molecule has 0 atom stereocenters. The van der Waals surface area contributed by atoms with Crippen molar-refractivity contribution < 1.29 is 0 Å². The molecule has 0 spiro atoms. The average Bonchev–Trinajstić information content (AvgIpc) is 2.01.